The van der Waals surface area contributed by atoms with E-state index in [1.165, 1.54) is 6.20 Å². The Hall–Kier alpha value is -2.56. The number of nitrogens with two attached hydrogens (primary N) is 1. The SMILES string of the molecule is CC(NC(=O)Cc1ccc(N)cn1)c1cccc(O)c1. The van der Waals surface area contributed by atoms with Crippen LogP contribution in [-0.2, 0) is 11.2 Å². The first kappa shape index (κ1) is 13.9. The van der Waals surface area contributed by atoms with E-state index < -0.39 is 0 Å². The fourth-order valence-corrected chi connectivity index (χ4v) is 1.87. The lowest BCUT2D eigenvalue weighted by Gasteiger charge is -2.14. The van der Waals surface area contributed by atoms with E-state index in [2.05, 4.69) is 10.3 Å². The third kappa shape index (κ3) is 3.71. The smallest absolute Gasteiger partial charge is 0.226 e. The van der Waals surface area contributed by atoms with Gasteiger partial charge < -0.3 is 16.2 Å². The van der Waals surface area contributed by atoms with Crippen LogP contribution in [-0.4, -0.2) is 16.0 Å². The van der Waals surface area contributed by atoms with Gasteiger partial charge >= 0.3 is 0 Å². The summed E-state index contributed by atoms with van der Waals surface area (Å²) >= 11 is 0. The van der Waals surface area contributed by atoms with Crippen molar-refractivity contribution in [3.63, 3.8) is 0 Å². The van der Waals surface area contributed by atoms with Gasteiger partial charge in [0, 0.05) is 5.69 Å². The number of nitrogen functional groups attached to an aromatic ring is 1. The predicted octanol–water partition coefficient (Wildman–Crippen LogP) is 1.79. The molecular formula is C15H17N3O2. The van der Waals surface area contributed by atoms with E-state index >= 15 is 0 Å². The van der Waals surface area contributed by atoms with Crippen LogP contribution >= 0.6 is 0 Å². The minimum Gasteiger partial charge on any atom is -0.508 e. The van der Waals surface area contributed by atoms with Crippen LogP contribution in [0.1, 0.15) is 24.2 Å². The number of benzene rings is 1. The molecule has 5 heteroatoms. The van der Waals surface area contributed by atoms with Gasteiger partial charge in [-0.05, 0) is 36.8 Å². The Balaban J connectivity index is 1.95. The van der Waals surface area contributed by atoms with Gasteiger partial charge in [0.15, 0.2) is 0 Å². The number of carbonyl (C=O) groups is 1. The van der Waals surface area contributed by atoms with Crippen molar-refractivity contribution in [1.82, 2.24) is 10.3 Å². The Morgan fingerprint density at radius 2 is 2.20 bits per heavy atom. The molecule has 0 spiro atoms. The summed E-state index contributed by atoms with van der Waals surface area (Å²) in [5.74, 6) is 0.0573. The molecule has 1 amide bonds. The monoisotopic (exact) mass is 271 g/mol. The van der Waals surface area contributed by atoms with E-state index in [1.54, 1.807) is 30.3 Å². The maximum atomic E-state index is 11.9. The van der Waals surface area contributed by atoms with Gasteiger partial charge in [-0.2, -0.15) is 0 Å². The Labute approximate surface area is 117 Å². The molecule has 0 fully saturated rings. The molecule has 4 N–H and O–H groups in total. The first-order valence-corrected chi connectivity index (χ1v) is 6.33. The maximum Gasteiger partial charge on any atom is 0.226 e. The zero-order chi connectivity index (χ0) is 14.5. The van der Waals surface area contributed by atoms with Crippen molar-refractivity contribution in [3.05, 3.63) is 53.9 Å². The van der Waals surface area contributed by atoms with Gasteiger partial charge in [0.05, 0.1) is 24.3 Å². The highest BCUT2D eigenvalue weighted by atomic mass is 16.3. The van der Waals surface area contributed by atoms with Crippen LogP contribution in [0.5, 0.6) is 5.75 Å². The highest BCUT2D eigenvalue weighted by Crippen LogP contribution is 2.17. The molecule has 0 saturated carbocycles. The van der Waals surface area contributed by atoms with Gasteiger partial charge in [-0.25, -0.2) is 0 Å². The molecule has 2 rings (SSSR count). The fraction of sp³-hybridized carbons (Fsp3) is 0.200. The molecule has 0 radical (unpaired) electrons. The van der Waals surface area contributed by atoms with Crippen molar-refractivity contribution in [2.24, 2.45) is 0 Å². The molecule has 0 bridgehead atoms. The van der Waals surface area contributed by atoms with Gasteiger partial charge in [-0.1, -0.05) is 12.1 Å². The summed E-state index contributed by atoms with van der Waals surface area (Å²) in [7, 11) is 0. The number of aromatic hydroxyl groups is 1. The van der Waals surface area contributed by atoms with Crippen LogP contribution in [0.4, 0.5) is 5.69 Å². The zero-order valence-corrected chi connectivity index (χ0v) is 11.2. The fourth-order valence-electron chi connectivity index (χ4n) is 1.87. The number of pyridine rings is 1. The maximum absolute atomic E-state index is 11.9. The molecule has 1 atom stereocenters. The Morgan fingerprint density at radius 1 is 1.40 bits per heavy atom. The van der Waals surface area contributed by atoms with E-state index in [0.717, 1.165) is 5.56 Å². The van der Waals surface area contributed by atoms with Crippen molar-refractivity contribution in [2.75, 3.05) is 5.73 Å². The molecule has 1 heterocycles. The first-order chi connectivity index (χ1) is 9.54. The van der Waals surface area contributed by atoms with E-state index in [-0.39, 0.29) is 24.1 Å². The molecule has 1 aromatic heterocycles. The number of amides is 1. The van der Waals surface area contributed by atoms with Gasteiger partial charge in [0.25, 0.3) is 0 Å². The van der Waals surface area contributed by atoms with Crippen molar-refractivity contribution in [3.8, 4) is 5.75 Å². The number of nitrogens with one attached hydrogen (secondary N) is 1. The highest BCUT2D eigenvalue weighted by Gasteiger charge is 2.11. The third-order valence-corrected chi connectivity index (χ3v) is 2.94. The lowest BCUT2D eigenvalue weighted by atomic mass is 10.1. The standard InChI is InChI=1S/C15H17N3O2/c1-10(11-3-2-4-14(19)7-11)18-15(20)8-13-6-5-12(16)9-17-13/h2-7,9-10,19H,8,16H2,1H3,(H,18,20). The highest BCUT2D eigenvalue weighted by molar-refractivity contribution is 5.78. The number of anilines is 1. The number of carbonyl (C=O) groups excluding carboxylic acids is 1. The lowest BCUT2D eigenvalue weighted by Crippen LogP contribution is -2.28. The van der Waals surface area contributed by atoms with Crippen LogP contribution < -0.4 is 11.1 Å². The second kappa shape index (κ2) is 6.06. The average Bonchev–Trinajstić information content (AvgIpc) is 2.41. The van der Waals surface area contributed by atoms with Crippen molar-refractivity contribution >= 4 is 11.6 Å². The molecule has 0 aliphatic rings. The van der Waals surface area contributed by atoms with Crippen molar-refractivity contribution in [2.45, 2.75) is 19.4 Å². The lowest BCUT2D eigenvalue weighted by molar-refractivity contribution is -0.121. The molecule has 0 aliphatic carbocycles. The molecule has 2 aromatic rings. The normalized spacial score (nSPS) is 11.8. The Morgan fingerprint density at radius 3 is 2.85 bits per heavy atom. The van der Waals surface area contributed by atoms with Gasteiger partial charge in [0.2, 0.25) is 5.91 Å². The van der Waals surface area contributed by atoms with Crippen LogP contribution in [0.3, 0.4) is 0 Å². The van der Waals surface area contributed by atoms with Crippen LogP contribution in [0.25, 0.3) is 0 Å². The second-order valence-electron chi connectivity index (χ2n) is 4.64. The van der Waals surface area contributed by atoms with Crippen LogP contribution in [0.2, 0.25) is 0 Å². The van der Waals surface area contributed by atoms with Crippen molar-refractivity contribution < 1.29 is 9.90 Å². The number of hydrogen-bond donors (Lipinski definition) is 3. The van der Waals surface area contributed by atoms with Gasteiger partial charge in [-0.3, -0.25) is 9.78 Å². The molecule has 0 saturated heterocycles. The van der Waals surface area contributed by atoms with E-state index in [4.69, 9.17) is 5.73 Å². The first-order valence-electron chi connectivity index (χ1n) is 6.33. The zero-order valence-electron chi connectivity index (χ0n) is 11.2. The average molecular weight is 271 g/mol. The molecule has 20 heavy (non-hydrogen) atoms. The van der Waals surface area contributed by atoms with Crippen LogP contribution in [0.15, 0.2) is 42.6 Å². The number of phenolic OH excluding ortho intramolecular Hbond substituents is 1. The largest absolute Gasteiger partial charge is 0.508 e. The molecular weight excluding hydrogens is 254 g/mol. The third-order valence-electron chi connectivity index (χ3n) is 2.94. The summed E-state index contributed by atoms with van der Waals surface area (Å²) in [6.07, 6.45) is 1.73. The van der Waals surface area contributed by atoms with E-state index in [0.29, 0.717) is 11.4 Å². The Bertz CT molecular complexity index is 596. The number of nitrogens with zero attached hydrogens (tertiary/aromatic N) is 1. The minimum atomic E-state index is -0.177. The quantitative estimate of drug-likeness (QED) is 0.791. The number of aromatic nitrogens is 1. The van der Waals surface area contributed by atoms with E-state index in [1.807, 2.05) is 13.0 Å². The van der Waals surface area contributed by atoms with Crippen LogP contribution in [0, 0.1) is 0 Å². The summed E-state index contributed by atoms with van der Waals surface area (Å²) in [4.78, 5) is 16.0. The molecule has 1 unspecified atom stereocenters. The van der Waals surface area contributed by atoms with E-state index in [9.17, 15) is 9.90 Å². The molecule has 0 aliphatic heterocycles. The molecule has 1 aromatic carbocycles. The van der Waals surface area contributed by atoms with Gasteiger partial charge in [0.1, 0.15) is 5.75 Å². The summed E-state index contributed by atoms with van der Waals surface area (Å²) in [5.41, 5.74) is 7.63. The van der Waals surface area contributed by atoms with Crippen molar-refractivity contribution in [1.29, 1.82) is 0 Å². The second-order valence-corrected chi connectivity index (χ2v) is 4.64. The number of phenols is 1. The summed E-state index contributed by atoms with van der Waals surface area (Å²) in [5, 5.41) is 12.3. The summed E-state index contributed by atoms with van der Waals surface area (Å²) in [6, 6.07) is 10.1. The Kier molecular flexibility index (Phi) is 4.20. The minimum absolute atomic E-state index is 0.127. The summed E-state index contributed by atoms with van der Waals surface area (Å²) < 4.78 is 0. The molecule has 104 valence electrons. The summed E-state index contributed by atoms with van der Waals surface area (Å²) in [6.45, 7) is 1.86. The molecule has 5 nitrogen and oxygen atoms in total. The topological polar surface area (TPSA) is 88.2 Å². The van der Waals surface area contributed by atoms with Gasteiger partial charge in [-0.15, -0.1) is 0 Å². The predicted molar refractivity (Wildman–Crippen MR) is 77.0 cm³/mol. The number of rotatable bonds is 4. The number of hydrogen-bond acceptors (Lipinski definition) is 4.